The molecule has 2 aliphatic heterocycles. The fourth-order valence-corrected chi connectivity index (χ4v) is 5.02. The summed E-state index contributed by atoms with van der Waals surface area (Å²) in [5.41, 5.74) is -0.132. The number of nitrogens with zero attached hydrogens (tertiary/aromatic N) is 2. The molecule has 0 bridgehead atoms. The molecule has 24 heavy (non-hydrogen) atoms. The first-order chi connectivity index (χ1) is 11.3. The van der Waals surface area contributed by atoms with E-state index < -0.39 is 21.5 Å². The molecule has 0 saturated carbocycles. The van der Waals surface area contributed by atoms with Gasteiger partial charge in [-0.1, -0.05) is 18.2 Å². The number of sulfonamides is 1. The van der Waals surface area contributed by atoms with Crippen molar-refractivity contribution in [2.24, 2.45) is 5.41 Å². The van der Waals surface area contributed by atoms with Gasteiger partial charge in [0.1, 0.15) is 0 Å². The third-order valence-electron chi connectivity index (χ3n) is 5.27. The number of carbonyl (C=O) groups excluding carboxylic acids is 2. The lowest BCUT2D eigenvalue weighted by Gasteiger charge is -2.34. The number of carbonyl (C=O) groups is 2. The molecule has 0 radical (unpaired) electrons. The van der Waals surface area contributed by atoms with Crippen LogP contribution in [0.5, 0.6) is 0 Å². The van der Waals surface area contributed by atoms with Crippen LogP contribution in [0.1, 0.15) is 41.5 Å². The van der Waals surface area contributed by atoms with Crippen LogP contribution in [0.3, 0.4) is 0 Å². The molecule has 0 aromatic heterocycles. The van der Waals surface area contributed by atoms with Crippen molar-refractivity contribution in [3.8, 4) is 0 Å². The van der Waals surface area contributed by atoms with Gasteiger partial charge in [-0.05, 0) is 26.8 Å². The zero-order valence-corrected chi connectivity index (χ0v) is 15.0. The van der Waals surface area contributed by atoms with E-state index in [2.05, 4.69) is 0 Å². The number of hydrogen-bond acceptors (Lipinski definition) is 4. The molecule has 1 aromatic rings. The maximum Gasteiger partial charge on any atom is 0.254 e. The number of amides is 1. The molecule has 0 aliphatic carbocycles. The van der Waals surface area contributed by atoms with Crippen molar-refractivity contribution in [3.05, 3.63) is 35.4 Å². The number of ketones is 1. The lowest BCUT2D eigenvalue weighted by molar-refractivity contribution is 0.0560. The summed E-state index contributed by atoms with van der Waals surface area (Å²) in [7, 11) is -3.41. The third kappa shape index (κ3) is 2.29. The van der Waals surface area contributed by atoms with Crippen LogP contribution in [0.15, 0.2) is 24.3 Å². The van der Waals surface area contributed by atoms with Crippen molar-refractivity contribution in [3.63, 3.8) is 0 Å². The Bertz CT molecular complexity index is 805. The van der Waals surface area contributed by atoms with Gasteiger partial charge in [-0.2, -0.15) is 4.31 Å². The van der Waals surface area contributed by atoms with E-state index in [9.17, 15) is 18.0 Å². The quantitative estimate of drug-likeness (QED) is 0.825. The molecule has 0 N–H and O–H groups in total. The Kier molecular flexibility index (Phi) is 4.04. The molecule has 1 aromatic carbocycles. The number of Topliss-reactive ketones (excluding diaryl/α,β-unsaturated/α-hetero) is 1. The maximum atomic E-state index is 13.2. The predicted octanol–water partition coefficient (Wildman–Crippen LogP) is 1.39. The summed E-state index contributed by atoms with van der Waals surface area (Å²) in [6.07, 6.45) is 0. The van der Waals surface area contributed by atoms with E-state index in [0.29, 0.717) is 17.7 Å². The molecule has 1 amide bonds. The van der Waals surface area contributed by atoms with Crippen LogP contribution >= 0.6 is 0 Å². The highest BCUT2D eigenvalue weighted by Gasteiger charge is 2.56. The van der Waals surface area contributed by atoms with Crippen LogP contribution < -0.4 is 0 Å². The summed E-state index contributed by atoms with van der Waals surface area (Å²) in [4.78, 5) is 27.8. The number of hydrogen-bond donors (Lipinski definition) is 0. The zero-order chi connectivity index (χ0) is 17.7. The first kappa shape index (κ1) is 17.1. The molecule has 2 atom stereocenters. The first-order valence-electron chi connectivity index (χ1n) is 8.19. The molecule has 0 unspecified atom stereocenters. The average molecular weight is 350 g/mol. The number of benzene rings is 1. The minimum absolute atomic E-state index is 0.0132. The molecular weight excluding hydrogens is 328 g/mol. The summed E-state index contributed by atoms with van der Waals surface area (Å²) < 4.78 is 26.0. The summed E-state index contributed by atoms with van der Waals surface area (Å²) in [5, 5.41) is 0. The van der Waals surface area contributed by atoms with Crippen molar-refractivity contribution in [1.82, 2.24) is 9.21 Å². The Morgan fingerprint density at radius 2 is 1.79 bits per heavy atom. The summed E-state index contributed by atoms with van der Waals surface area (Å²) in [5.74, 6) is -0.368. The Morgan fingerprint density at radius 1 is 1.17 bits per heavy atom. The van der Waals surface area contributed by atoms with Crippen LogP contribution in [0.25, 0.3) is 0 Å². The second-order valence-corrected chi connectivity index (χ2v) is 8.85. The standard InChI is InChI=1S/C17H22N2O4S/c1-4-19-14-10-18(24(22,23)5-2)11-17(14,3)15(20)12-8-6-7-9-13(12)16(19)21/h6-9,14H,4-5,10-11H2,1-3H3/t14-,17+/m1/s1. The van der Waals surface area contributed by atoms with Crippen LogP contribution in [0.4, 0.5) is 0 Å². The molecule has 3 rings (SSSR count). The number of rotatable bonds is 3. The van der Waals surface area contributed by atoms with E-state index in [0.717, 1.165) is 0 Å². The average Bonchev–Trinajstić information content (AvgIpc) is 2.92. The minimum Gasteiger partial charge on any atom is -0.334 e. The SMILES string of the molecule is CCN1C(=O)c2ccccc2C(=O)[C@@]2(C)CN(S(=O)(=O)CC)C[C@@H]12. The van der Waals surface area contributed by atoms with E-state index >= 15 is 0 Å². The Hall–Kier alpha value is -1.73. The van der Waals surface area contributed by atoms with E-state index in [1.807, 2.05) is 6.92 Å². The van der Waals surface area contributed by atoms with Gasteiger partial charge in [-0.15, -0.1) is 0 Å². The topological polar surface area (TPSA) is 74.8 Å². The van der Waals surface area contributed by atoms with Crippen LogP contribution in [-0.2, 0) is 10.0 Å². The summed E-state index contributed by atoms with van der Waals surface area (Å²) in [6, 6.07) is 6.36. The van der Waals surface area contributed by atoms with E-state index in [-0.39, 0.29) is 30.5 Å². The zero-order valence-electron chi connectivity index (χ0n) is 14.2. The van der Waals surface area contributed by atoms with Crippen molar-refractivity contribution in [1.29, 1.82) is 0 Å². The van der Waals surface area contributed by atoms with Crippen molar-refractivity contribution in [2.45, 2.75) is 26.8 Å². The normalized spacial score (nSPS) is 27.8. The largest absolute Gasteiger partial charge is 0.334 e. The lowest BCUT2D eigenvalue weighted by atomic mass is 9.78. The predicted molar refractivity (Wildman–Crippen MR) is 90.4 cm³/mol. The molecule has 2 aliphatic rings. The van der Waals surface area contributed by atoms with Gasteiger partial charge in [0.2, 0.25) is 10.0 Å². The molecule has 2 heterocycles. The lowest BCUT2D eigenvalue weighted by Crippen LogP contribution is -2.49. The van der Waals surface area contributed by atoms with Gasteiger partial charge < -0.3 is 4.90 Å². The molecule has 6 nitrogen and oxygen atoms in total. The minimum atomic E-state index is -3.41. The fourth-order valence-electron chi connectivity index (χ4n) is 3.83. The summed E-state index contributed by atoms with van der Waals surface area (Å²) >= 11 is 0. The van der Waals surface area contributed by atoms with Gasteiger partial charge in [0.25, 0.3) is 5.91 Å². The van der Waals surface area contributed by atoms with Gasteiger partial charge in [0.05, 0.1) is 22.8 Å². The number of fused-ring (bicyclic) bond motifs is 2. The van der Waals surface area contributed by atoms with E-state index in [4.69, 9.17) is 0 Å². The van der Waals surface area contributed by atoms with Gasteiger partial charge >= 0.3 is 0 Å². The maximum absolute atomic E-state index is 13.2. The van der Waals surface area contributed by atoms with Gasteiger partial charge in [0, 0.05) is 25.2 Å². The first-order valence-corrected chi connectivity index (χ1v) is 9.79. The Balaban J connectivity index is 2.16. The molecule has 7 heteroatoms. The van der Waals surface area contributed by atoms with Crippen molar-refractivity contribution >= 4 is 21.7 Å². The van der Waals surface area contributed by atoms with Crippen molar-refractivity contribution < 1.29 is 18.0 Å². The van der Waals surface area contributed by atoms with Gasteiger partial charge in [-0.3, -0.25) is 9.59 Å². The fraction of sp³-hybridized carbons (Fsp3) is 0.529. The second-order valence-electron chi connectivity index (χ2n) is 6.59. The molecule has 1 fully saturated rings. The summed E-state index contributed by atoms with van der Waals surface area (Å²) in [6.45, 7) is 5.94. The van der Waals surface area contributed by atoms with E-state index in [1.54, 1.807) is 43.0 Å². The van der Waals surface area contributed by atoms with Crippen LogP contribution in [0, 0.1) is 5.41 Å². The Labute approximate surface area is 142 Å². The van der Waals surface area contributed by atoms with E-state index in [1.165, 1.54) is 4.31 Å². The van der Waals surface area contributed by atoms with Gasteiger partial charge in [-0.25, -0.2) is 8.42 Å². The molecule has 0 spiro atoms. The highest BCUT2D eigenvalue weighted by atomic mass is 32.2. The molecule has 1 saturated heterocycles. The number of likely N-dealkylation sites (N-methyl/N-ethyl adjacent to an activating group) is 1. The highest BCUT2D eigenvalue weighted by Crippen LogP contribution is 2.41. The molecular formula is C17H22N2O4S. The molecule has 130 valence electrons. The smallest absolute Gasteiger partial charge is 0.254 e. The van der Waals surface area contributed by atoms with Crippen LogP contribution in [-0.4, -0.2) is 60.7 Å². The third-order valence-corrected chi connectivity index (χ3v) is 7.07. The highest BCUT2D eigenvalue weighted by molar-refractivity contribution is 7.89. The van der Waals surface area contributed by atoms with Gasteiger partial charge in [0.15, 0.2) is 5.78 Å². The second kappa shape index (κ2) is 5.67. The Morgan fingerprint density at radius 3 is 2.38 bits per heavy atom. The van der Waals surface area contributed by atoms with Crippen LogP contribution in [0.2, 0.25) is 0 Å². The van der Waals surface area contributed by atoms with Crippen molar-refractivity contribution in [2.75, 3.05) is 25.4 Å². The monoisotopic (exact) mass is 350 g/mol.